The molecule has 2 N–H and O–H groups in total. The van der Waals surface area contributed by atoms with Gasteiger partial charge in [-0.1, -0.05) is 0 Å². The quantitative estimate of drug-likeness (QED) is 0.899. The van der Waals surface area contributed by atoms with Gasteiger partial charge in [0.25, 0.3) is 0 Å². The maximum Gasteiger partial charge on any atom is 0.0955 e. The van der Waals surface area contributed by atoms with Gasteiger partial charge in [-0.25, -0.2) is 4.98 Å². The molecule has 0 atom stereocenters. The Morgan fingerprint density at radius 3 is 2.78 bits per heavy atom. The number of hydrogen-bond acceptors (Lipinski definition) is 3. The molecule has 1 heterocycles. The number of rotatable bonds is 4. The predicted octanol–water partition coefficient (Wildman–Crippen LogP) is 2.14. The highest BCUT2D eigenvalue weighted by molar-refractivity contribution is 5.79. The highest BCUT2D eigenvalue weighted by Crippen LogP contribution is 2.20. The Hall–Kier alpha value is -1.55. The van der Waals surface area contributed by atoms with Crippen LogP contribution in [0.2, 0.25) is 0 Å². The van der Waals surface area contributed by atoms with Gasteiger partial charge in [-0.3, -0.25) is 0 Å². The maximum absolute atomic E-state index is 6.01. The van der Waals surface area contributed by atoms with E-state index in [-0.39, 0.29) is 5.54 Å². The fourth-order valence-electron chi connectivity index (χ4n) is 1.95. The molecule has 0 saturated heterocycles. The summed E-state index contributed by atoms with van der Waals surface area (Å²) >= 11 is 0. The van der Waals surface area contributed by atoms with Crippen LogP contribution in [0.5, 0.6) is 0 Å². The predicted molar refractivity (Wildman–Crippen MR) is 76.9 cm³/mol. The number of nitrogens with zero attached hydrogens (tertiary/aromatic N) is 3. The second kappa shape index (κ2) is 4.61. The summed E-state index contributed by atoms with van der Waals surface area (Å²) < 4.78 is 2.03. The summed E-state index contributed by atoms with van der Waals surface area (Å²) in [5.41, 5.74) is 9.27. The van der Waals surface area contributed by atoms with Crippen LogP contribution in [0.4, 0.5) is 5.69 Å². The van der Waals surface area contributed by atoms with Crippen LogP contribution in [0.15, 0.2) is 24.5 Å². The van der Waals surface area contributed by atoms with Crippen molar-refractivity contribution in [2.45, 2.75) is 25.8 Å². The molecule has 2 aromatic rings. The second-order valence-corrected chi connectivity index (χ2v) is 5.69. The average Bonchev–Trinajstić information content (AvgIpc) is 2.66. The SMILES string of the molecule is CN(CCC(C)(C)N)c1ccc2c(c1)ncn2C. The van der Waals surface area contributed by atoms with Gasteiger partial charge in [0.15, 0.2) is 0 Å². The molecule has 0 bridgehead atoms. The average molecular weight is 246 g/mol. The standard InChI is InChI=1S/C14H22N4/c1-14(2,15)7-8-17(3)11-5-6-13-12(9-11)16-10-18(13)4/h5-6,9-10H,7-8,15H2,1-4H3. The highest BCUT2D eigenvalue weighted by atomic mass is 15.1. The molecule has 0 aliphatic carbocycles. The summed E-state index contributed by atoms with van der Waals surface area (Å²) in [6.45, 7) is 5.06. The van der Waals surface area contributed by atoms with Crippen LogP contribution < -0.4 is 10.6 Å². The number of fused-ring (bicyclic) bond motifs is 1. The van der Waals surface area contributed by atoms with E-state index in [1.165, 1.54) is 5.69 Å². The second-order valence-electron chi connectivity index (χ2n) is 5.69. The van der Waals surface area contributed by atoms with Crippen LogP contribution in [-0.4, -0.2) is 28.7 Å². The smallest absolute Gasteiger partial charge is 0.0955 e. The third-order valence-corrected chi connectivity index (χ3v) is 3.24. The zero-order chi connectivity index (χ0) is 13.3. The maximum atomic E-state index is 6.01. The van der Waals surface area contributed by atoms with Gasteiger partial charge >= 0.3 is 0 Å². The molecule has 0 unspecified atom stereocenters. The van der Waals surface area contributed by atoms with Crippen molar-refractivity contribution in [3.05, 3.63) is 24.5 Å². The molecule has 4 nitrogen and oxygen atoms in total. The van der Waals surface area contributed by atoms with Gasteiger partial charge in [-0.2, -0.15) is 0 Å². The first-order valence-electron chi connectivity index (χ1n) is 6.28. The minimum Gasteiger partial charge on any atom is -0.374 e. The van der Waals surface area contributed by atoms with Crippen LogP contribution in [0, 0.1) is 0 Å². The van der Waals surface area contributed by atoms with E-state index < -0.39 is 0 Å². The Bertz CT molecular complexity index is 536. The van der Waals surface area contributed by atoms with Crippen molar-refractivity contribution in [3.63, 3.8) is 0 Å². The van der Waals surface area contributed by atoms with Gasteiger partial charge in [0.1, 0.15) is 0 Å². The van der Waals surface area contributed by atoms with Crippen molar-refractivity contribution in [2.24, 2.45) is 12.8 Å². The number of benzene rings is 1. The lowest BCUT2D eigenvalue weighted by atomic mass is 10.0. The summed E-state index contributed by atoms with van der Waals surface area (Å²) in [6, 6.07) is 6.37. The van der Waals surface area contributed by atoms with E-state index in [1.807, 2.05) is 17.9 Å². The van der Waals surface area contributed by atoms with Crippen LogP contribution in [-0.2, 0) is 7.05 Å². The molecule has 0 radical (unpaired) electrons. The molecule has 2 rings (SSSR count). The molecule has 0 spiro atoms. The highest BCUT2D eigenvalue weighted by Gasteiger charge is 2.12. The topological polar surface area (TPSA) is 47.1 Å². The molecule has 0 saturated carbocycles. The van der Waals surface area contributed by atoms with Gasteiger partial charge in [0, 0.05) is 31.9 Å². The first-order valence-corrected chi connectivity index (χ1v) is 6.28. The molecule has 98 valence electrons. The lowest BCUT2D eigenvalue weighted by Gasteiger charge is -2.25. The monoisotopic (exact) mass is 246 g/mol. The first-order chi connectivity index (χ1) is 8.37. The minimum atomic E-state index is -0.122. The number of hydrogen-bond donors (Lipinski definition) is 1. The van der Waals surface area contributed by atoms with Crippen LogP contribution in [0.1, 0.15) is 20.3 Å². The van der Waals surface area contributed by atoms with Gasteiger partial charge in [0.2, 0.25) is 0 Å². The molecule has 0 aliphatic rings. The summed E-state index contributed by atoms with van der Waals surface area (Å²) in [7, 11) is 4.10. The zero-order valence-corrected chi connectivity index (χ0v) is 11.6. The molecule has 18 heavy (non-hydrogen) atoms. The fourth-order valence-corrected chi connectivity index (χ4v) is 1.95. The Balaban J connectivity index is 2.15. The number of imidazole rings is 1. The van der Waals surface area contributed by atoms with Gasteiger partial charge in [-0.05, 0) is 38.5 Å². The Morgan fingerprint density at radius 2 is 2.11 bits per heavy atom. The largest absolute Gasteiger partial charge is 0.374 e. The molecule has 1 aromatic heterocycles. The molecule has 1 aromatic carbocycles. The van der Waals surface area contributed by atoms with Crippen molar-refractivity contribution in [2.75, 3.05) is 18.5 Å². The first kappa shape index (κ1) is 12.9. The molecule has 4 heteroatoms. The van der Waals surface area contributed by atoms with Gasteiger partial charge in [-0.15, -0.1) is 0 Å². The van der Waals surface area contributed by atoms with E-state index in [1.54, 1.807) is 0 Å². The van der Waals surface area contributed by atoms with Gasteiger partial charge < -0.3 is 15.2 Å². The lowest BCUT2D eigenvalue weighted by molar-refractivity contribution is 0.479. The van der Waals surface area contributed by atoms with E-state index in [2.05, 4.69) is 49.0 Å². The third-order valence-electron chi connectivity index (χ3n) is 3.24. The lowest BCUT2D eigenvalue weighted by Crippen LogP contribution is -2.36. The zero-order valence-electron chi connectivity index (χ0n) is 11.6. The molecule has 0 fully saturated rings. The Kier molecular flexibility index (Phi) is 3.30. The Labute approximate surface area is 108 Å². The van der Waals surface area contributed by atoms with E-state index in [4.69, 9.17) is 5.73 Å². The molecule has 0 amide bonds. The number of anilines is 1. The molecular weight excluding hydrogens is 224 g/mol. The normalized spacial score (nSPS) is 12.1. The molecule has 0 aliphatic heterocycles. The molecular formula is C14H22N4. The summed E-state index contributed by atoms with van der Waals surface area (Å²) in [4.78, 5) is 6.61. The minimum absolute atomic E-state index is 0.122. The van der Waals surface area contributed by atoms with Crippen LogP contribution in [0.3, 0.4) is 0 Å². The third kappa shape index (κ3) is 2.82. The van der Waals surface area contributed by atoms with E-state index in [0.717, 1.165) is 24.0 Å². The van der Waals surface area contributed by atoms with Crippen molar-refractivity contribution in [3.8, 4) is 0 Å². The Morgan fingerprint density at radius 1 is 1.39 bits per heavy atom. The van der Waals surface area contributed by atoms with Gasteiger partial charge in [0.05, 0.1) is 17.4 Å². The van der Waals surface area contributed by atoms with Crippen molar-refractivity contribution in [1.82, 2.24) is 9.55 Å². The number of aryl methyl sites for hydroxylation is 1. The van der Waals surface area contributed by atoms with Crippen molar-refractivity contribution in [1.29, 1.82) is 0 Å². The van der Waals surface area contributed by atoms with Crippen molar-refractivity contribution < 1.29 is 0 Å². The van der Waals surface area contributed by atoms with Crippen LogP contribution in [0.25, 0.3) is 11.0 Å². The van der Waals surface area contributed by atoms with Crippen molar-refractivity contribution >= 4 is 16.7 Å². The van der Waals surface area contributed by atoms with E-state index in [9.17, 15) is 0 Å². The summed E-state index contributed by atoms with van der Waals surface area (Å²) in [5.74, 6) is 0. The van der Waals surface area contributed by atoms with Crippen LogP contribution >= 0.6 is 0 Å². The summed E-state index contributed by atoms with van der Waals surface area (Å²) in [6.07, 6.45) is 2.81. The number of aromatic nitrogens is 2. The summed E-state index contributed by atoms with van der Waals surface area (Å²) in [5, 5.41) is 0. The van der Waals surface area contributed by atoms with E-state index in [0.29, 0.717) is 0 Å². The number of nitrogens with two attached hydrogens (primary N) is 1. The van der Waals surface area contributed by atoms with E-state index >= 15 is 0 Å². The fraction of sp³-hybridized carbons (Fsp3) is 0.500.